The zero-order valence-corrected chi connectivity index (χ0v) is 9.48. The topological polar surface area (TPSA) is 69.6 Å². The molecule has 0 aromatic rings. The molecule has 2 aliphatic rings. The van der Waals surface area contributed by atoms with E-state index in [1.165, 1.54) is 0 Å². The molecule has 3 atom stereocenters. The molecule has 2 heterocycles. The molecule has 1 amide bonds. The number of hydrogen-bond donors (Lipinski definition) is 2. The Kier molecular flexibility index (Phi) is 3.14. The van der Waals surface area contributed by atoms with E-state index in [0.29, 0.717) is 13.0 Å². The average molecular weight is 226 g/mol. The van der Waals surface area contributed by atoms with Crippen LogP contribution in [0.2, 0.25) is 0 Å². The van der Waals surface area contributed by atoms with E-state index in [0.717, 1.165) is 19.4 Å². The largest absolute Gasteiger partial charge is 0.481 e. The lowest BCUT2D eigenvalue weighted by Gasteiger charge is -2.23. The zero-order chi connectivity index (χ0) is 11.7. The number of likely N-dealkylation sites (N-methyl/N-ethyl adjacent to an activating group) is 1. The van der Waals surface area contributed by atoms with E-state index in [9.17, 15) is 9.59 Å². The highest BCUT2D eigenvalue weighted by atomic mass is 16.4. The van der Waals surface area contributed by atoms with Crippen molar-refractivity contribution in [2.24, 2.45) is 5.92 Å². The van der Waals surface area contributed by atoms with Gasteiger partial charge in [-0.05, 0) is 25.8 Å². The summed E-state index contributed by atoms with van der Waals surface area (Å²) in [4.78, 5) is 24.7. The second-order valence-electron chi connectivity index (χ2n) is 4.56. The Morgan fingerprint density at radius 1 is 1.44 bits per heavy atom. The number of rotatable bonds is 4. The van der Waals surface area contributed by atoms with Crippen LogP contribution in [-0.4, -0.2) is 47.1 Å². The van der Waals surface area contributed by atoms with Crippen molar-refractivity contribution < 1.29 is 14.7 Å². The lowest BCUT2D eigenvalue weighted by molar-refractivity contribution is -0.143. The fraction of sp³-hybridized carbons (Fsp3) is 0.818. The highest BCUT2D eigenvalue weighted by Crippen LogP contribution is 2.41. The first-order chi connectivity index (χ1) is 7.65. The predicted molar refractivity (Wildman–Crippen MR) is 57.9 cm³/mol. The third-order valence-corrected chi connectivity index (χ3v) is 3.67. The molecule has 2 fully saturated rings. The van der Waals surface area contributed by atoms with Crippen molar-refractivity contribution in [1.82, 2.24) is 10.2 Å². The van der Waals surface area contributed by atoms with Crippen molar-refractivity contribution in [1.29, 1.82) is 0 Å². The number of aliphatic carboxylic acids is 1. The molecule has 0 aromatic carbocycles. The number of carboxylic acid groups (broad SMARTS) is 1. The van der Waals surface area contributed by atoms with Crippen LogP contribution in [0.4, 0.5) is 0 Å². The Balaban J connectivity index is 2.01. The van der Waals surface area contributed by atoms with Gasteiger partial charge in [-0.2, -0.15) is 0 Å². The second-order valence-corrected chi connectivity index (χ2v) is 4.56. The van der Waals surface area contributed by atoms with Crippen molar-refractivity contribution in [3.63, 3.8) is 0 Å². The van der Waals surface area contributed by atoms with Crippen molar-refractivity contribution in [2.45, 2.75) is 38.3 Å². The first kappa shape index (κ1) is 11.4. The number of nitrogens with one attached hydrogen (secondary N) is 1. The molecule has 0 saturated carbocycles. The van der Waals surface area contributed by atoms with E-state index in [-0.39, 0.29) is 23.9 Å². The summed E-state index contributed by atoms with van der Waals surface area (Å²) in [6.07, 6.45) is 2.45. The maximum absolute atomic E-state index is 11.9. The molecule has 90 valence electrons. The normalized spacial score (nSPS) is 32.1. The third-order valence-electron chi connectivity index (χ3n) is 3.67. The number of carbonyl (C=O) groups excluding carboxylic acids is 1. The monoisotopic (exact) mass is 226 g/mol. The molecular weight excluding hydrogens is 208 g/mol. The van der Waals surface area contributed by atoms with Crippen molar-refractivity contribution in [2.75, 3.05) is 13.1 Å². The minimum Gasteiger partial charge on any atom is -0.481 e. The molecule has 0 radical (unpaired) electrons. The van der Waals surface area contributed by atoms with E-state index < -0.39 is 5.97 Å². The molecule has 2 rings (SSSR count). The molecule has 0 aliphatic carbocycles. The number of nitrogens with zero attached hydrogens (tertiary/aromatic N) is 1. The van der Waals surface area contributed by atoms with Crippen molar-refractivity contribution in [3.8, 4) is 0 Å². The van der Waals surface area contributed by atoms with Crippen LogP contribution in [0, 0.1) is 5.92 Å². The molecular formula is C11H18N2O3. The summed E-state index contributed by atoms with van der Waals surface area (Å²) in [7, 11) is 0. The molecule has 5 heteroatoms. The molecule has 2 aliphatic heterocycles. The Labute approximate surface area is 94.8 Å². The van der Waals surface area contributed by atoms with Crippen LogP contribution in [0.15, 0.2) is 0 Å². The van der Waals surface area contributed by atoms with Gasteiger partial charge in [0.05, 0.1) is 12.5 Å². The molecule has 5 nitrogen and oxygen atoms in total. The van der Waals surface area contributed by atoms with Crippen LogP contribution in [-0.2, 0) is 9.59 Å². The summed E-state index contributed by atoms with van der Waals surface area (Å²) in [6, 6.07) is 0.103. The van der Waals surface area contributed by atoms with Crippen LogP contribution in [0.25, 0.3) is 0 Å². The molecule has 2 N–H and O–H groups in total. The van der Waals surface area contributed by atoms with Crippen molar-refractivity contribution >= 4 is 11.9 Å². The van der Waals surface area contributed by atoms with E-state index in [1.807, 2.05) is 6.92 Å². The molecule has 2 saturated heterocycles. The van der Waals surface area contributed by atoms with Gasteiger partial charge < -0.3 is 15.3 Å². The Morgan fingerprint density at radius 2 is 2.19 bits per heavy atom. The summed E-state index contributed by atoms with van der Waals surface area (Å²) < 4.78 is 0. The standard InChI is InChI=1S/C11H18N2O3/c1-2-12-6-10(14)13-7-3-4-9(13)8(5-7)11(15)16/h7-9,12H,2-6H2,1H3,(H,15,16). The number of amides is 1. The van der Waals surface area contributed by atoms with Crippen LogP contribution in [0.1, 0.15) is 26.2 Å². The lowest BCUT2D eigenvalue weighted by atomic mass is 9.89. The minimum atomic E-state index is -0.756. The highest BCUT2D eigenvalue weighted by molar-refractivity contribution is 5.82. The summed E-state index contributed by atoms with van der Waals surface area (Å²) >= 11 is 0. The number of carbonyl (C=O) groups is 2. The first-order valence-corrected chi connectivity index (χ1v) is 5.89. The maximum Gasteiger partial charge on any atom is 0.308 e. The molecule has 16 heavy (non-hydrogen) atoms. The highest BCUT2D eigenvalue weighted by Gasteiger charge is 2.50. The zero-order valence-electron chi connectivity index (χ0n) is 9.48. The molecule has 3 unspecified atom stereocenters. The van der Waals surface area contributed by atoms with E-state index in [1.54, 1.807) is 4.90 Å². The van der Waals surface area contributed by atoms with Gasteiger partial charge in [0.25, 0.3) is 0 Å². The smallest absolute Gasteiger partial charge is 0.308 e. The summed E-state index contributed by atoms with van der Waals surface area (Å²) in [5.74, 6) is -1.05. The van der Waals surface area contributed by atoms with Gasteiger partial charge in [-0.3, -0.25) is 9.59 Å². The van der Waals surface area contributed by atoms with Gasteiger partial charge in [0, 0.05) is 12.1 Å². The molecule has 0 aromatic heterocycles. The maximum atomic E-state index is 11.9. The second kappa shape index (κ2) is 4.41. The Hall–Kier alpha value is -1.10. The van der Waals surface area contributed by atoms with Crippen LogP contribution in [0.3, 0.4) is 0 Å². The summed E-state index contributed by atoms with van der Waals surface area (Å²) in [6.45, 7) is 3.04. The van der Waals surface area contributed by atoms with Crippen molar-refractivity contribution in [3.05, 3.63) is 0 Å². The summed E-state index contributed by atoms with van der Waals surface area (Å²) in [5, 5.41) is 12.1. The predicted octanol–water partition coefficient (Wildman–Crippen LogP) is 0.0600. The Bertz CT molecular complexity index is 306. The Morgan fingerprint density at radius 3 is 2.75 bits per heavy atom. The number of fused-ring (bicyclic) bond motifs is 2. The van der Waals surface area contributed by atoms with Gasteiger partial charge in [0.15, 0.2) is 0 Å². The molecule has 2 bridgehead atoms. The lowest BCUT2D eigenvalue weighted by Crippen LogP contribution is -2.42. The fourth-order valence-corrected chi connectivity index (χ4v) is 2.97. The summed E-state index contributed by atoms with van der Waals surface area (Å²) in [5.41, 5.74) is 0. The molecule has 0 spiro atoms. The van der Waals surface area contributed by atoms with E-state index in [4.69, 9.17) is 5.11 Å². The van der Waals surface area contributed by atoms with Crippen LogP contribution in [0.5, 0.6) is 0 Å². The SMILES string of the molecule is CCNCC(=O)N1C2CCC1C(C(=O)O)C2. The minimum absolute atomic E-state index is 0.0538. The van der Waals surface area contributed by atoms with Crippen LogP contribution >= 0.6 is 0 Å². The van der Waals surface area contributed by atoms with Gasteiger partial charge in [-0.15, -0.1) is 0 Å². The number of hydrogen-bond acceptors (Lipinski definition) is 3. The third kappa shape index (κ3) is 1.80. The average Bonchev–Trinajstić information content (AvgIpc) is 2.82. The van der Waals surface area contributed by atoms with Gasteiger partial charge >= 0.3 is 5.97 Å². The van der Waals surface area contributed by atoms with E-state index in [2.05, 4.69) is 5.32 Å². The van der Waals surface area contributed by atoms with Gasteiger partial charge in [0.2, 0.25) is 5.91 Å². The van der Waals surface area contributed by atoms with Gasteiger partial charge in [0.1, 0.15) is 0 Å². The first-order valence-electron chi connectivity index (χ1n) is 5.89. The van der Waals surface area contributed by atoms with Gasteiger partial charge in [-0.25, -0.2) is 0 Å². The van der Waals surface area contributed by atoms with Gasteiger partial charge in [-0.1, -0.05) is 6.92 Å². The quantitative estimate of drug-likeness (QED) is 0.711. The van der Waals surface area contributed by atoms with E-state index >= 15 is 0 Å². The van der Waals surface area contributed by atoms with Crippen LogP contribution < -0.4 is 5.32 Å². The number of carboxylic acids is 1. The fourth-order valence-electron chi connectivity index (χ4n) is 2.97.